The number of amides is 3. The Morgan fingerprint density at radius 1 is 1.45 bits per heavy atom. The third kappa shape index (κ3) is 2.08. The molecule has 2 fully saturated rings. The summed E-state index contributed by atoms with van der Waals surface area (Å²) in [6.45, 7) is 1.70. The maximum Gasteiger partial charge on any atom is 0.407 e. The van der Waals surface area contributed by atoms with Crippen LogP contribution in [0.2, 0.25) is 0 Å². The summed E-state index contributed by atoms with van der Waals surface area (Å²) in [6, 6.07) is -1.13. The van der Waals surface area contributed by atoms with Crippen LogP contribution in [0.5, 0.6) is 0 Å². The van der Waals surface area contributed by atoms with Crippen molar-refractivity contribution in [3.63, 3.8) is 0 Å². The lowest BCUT2D eigenvalue weighted by atomic mass is 9.85. The van der Waals surface area contributed by atoms with Gasteiger partial charge in [-0.05, 0) is 6.92 Å². The minimum absolute atomic E-state index is 0.0769. The number of aliphatic hydroxyl groups excluding tert-OH is 1. The lowest BCUT2D eigenvalue weighted by molar-refractivity contribution is -0.163. The molecule has 2 heterocycles. The first kappa shape index (κ1) is 14.5. The van der Waals surface area contributed by atoms with Crippen LogP contribution < -0.4 is 11.1 Å². The van der Waals surface area contributed by atoms with Crippen LogP contribution in [0.4, 0.5) is 4.79 Å². The van der Waals surface area contributed by atoms with Gasteiger partial charge in [-0.1, -0.05) is 0 Å². The SMILES string of the molecule is CC(O)C(N)C(=O)N1CCN(C(=O)O)CC12CNC2=O. The first-order chi connectivity index (χ1) is 9.29. The molecule has 0 radical (unpaired) electrons. The zero-order valence-electron chi connectivity index (χ0n) is 11.1. The Morgan fingerprint density at radius 2 is 2.10 bits per heavy atom. The smallest absolute Gasteiger partial charge is 0.407 e. The monoisotopic (exact) mass is 286 g/mol. The van der Waals surface area contributed by atoms with Crippen LogP contribution in [0.3, 0.4) is 0 Å². The van der Waals surface area contributed by atoms with Crippen LogP contribution in [0.15, 0.2) is 0 Å². The van der Waals surface area contributed by atoms with E-state index in [2.05, 4.69) is 5.32 Å². The highest BCUT2D eigenvalue weighted by Crippen LogP contribution is 2.28. The van der Waals surface area contributed by atoms with Crippen molar-refractivity contribution in [1.82, 2.24) is 15.1 Å². The number of carbonyl (C=O) groups excluding carboxylic acids is 2. The molecule has 3 amide bonds. The summed E-state index contributed by atoms with van der Waals surface area (Å²) in [6.07, 6.45) is -2.17. The molecule has 0 aromatic carbocycles. The fourth-order valence-electron chi connectivity index (χ4n) is 2.50. The van der Waals surface area contributed by atoms with Gasteiger partial charge in [0, 0.05) is 13.1 Å². The minimum atomic E-state index is -1.19. The van der Waals surface area contributed by atoms with Crippen LogP contribution >= 0.6 is 0 Å². The summed E-state index contributed by atoms with van der Waals surface area (Å²) in [7, 11) is 0. The van der Waals surface area contributed by atoms with Crippen molar-refractivity contribution in [3.05, 3.63) is 0 Å². The number of nitrogens with one attached hydrogen (secondary N) is 1. The topological polar surface area (TPSA) is 136 Å². The molecule has 9 nitrogen and oxygen atoms in total. The number of nitrogens with two attached hydrogens (primary N) is 1. The fraction of sp³-hybridized carbons (Fsp3) is 0.727. The molecule has 2 saturated heterocycles. The maximum absolute atomic E-state index is 12.3. The van der Waals surface area contributed by atoms with Gasteiger partial charge in [0.2, 0.25) is 11.8 Å². The van der Waals surface area contributed by atoms with Crippen molar-refractivity contribution in [3.8, 4) is 0 Å². The summed E-state index contributed by atoms with van der Waals surface area (Å²) < 4.78 is 0. The molecule has 1 spiro atoms. The van der Waals surface area contributed by atoms with E-state index in [1.165, 1.54) is 11.8 Å². The molecule has 3 atom stereocenters. The summed E-state index contributed by atoms with van der Waals surface area (Å²) >= 11 is 0. The first-order valence-corrected chi connectivity index (χ1v) is 6.31. The first-order valence-electron chi connectivity index (χ1n) is 6.31. The zero-order valence-corrected chi connectivity index (χ0v) is 11.1. The van der Waals surface area contributed by atoms with Crippen LogP contribution in [0, 0.1) is 0 Å². The quantitative estimate of drug-likeness (QED) is 0.410. The van der Waals surface area contributed by atoms with E-state index >= 15 is 0 Å². The molecule has 0 bridgehead atoms. The molecule has 2 aliphatic rings. The standard InChI is InChI=1S/C11H18N4O5/c1-6(16)7(12)8(17)15-3-2-14(10(19)20)5-11(15)4-13-9(11)18/h6-7,16H,2-5,12H2,1H3,(H,13,18)(H,19,20). The van der Waals surface area contributed by atoms with Gasteiger partial charge >= 0.3 is 6.09 Å². The number of aliphatic hydroxyl groups is 1. The molecule has 0 aliphatic carbocycles. The normalized spacial score (nSPS) is 28.6. The molecule has 0 aromatic rings. The Morgan fingerprint density at radius 3 is 2.50 bits per heavy atom. The van der Waals surface area contributed by atoms with E-state index in [0.717, 1.165) is 4.90 Å². The van der Waals surface area contributed by atoms with Gasteiger partial charge in [0.05, 0.1) is 19.2 Å². The van der Waals surface area contributed by atoms with E-state index in [0.29, 0.717) is 0 Å². The number of β-lactam (4-membered cyclic amide) rings is 1. The third-order valence-electron chi connectivity index (χ3n) is 3.87. The molecule has 112 valence electrons. The van der Waals surface area contributed by atoms with Gasteiger partial charge in [-0.3, -0.25) is 9.59 Å². The van der Waals surface area contributed by atoms with Gasteiger partial charge < -0.3 is 31.1 Å². The van der Waals surface area contributed by atoms with E-state index in [1.807, 2.05) is 0 Å². The van der Waals surface area contributed by atoms with Crippen molar-refractivity contribution in [2.24, 2.45) is 5.73 Å². The van der Waals surface area contributed by atoms with Crippen LogP contribution in [0.1, 0.15) is 6.92 Å². The Labute approximate surface area is 115 Å². The molecule has 9 heteroatoms. The van der Waals surface area contributed by atoms with Crippen LogP contribution in [-0.4, -0.2) is 81.8 Å². The van der Waals surface area contributed by atoms with E-state index in [4.69, 9.17) is 10.8 Å². The second kappa shape index (κ2) is 4.91. The summed E-state index contributed by atoms with van der Waals surface area (Å²) in [5.41, 5.74) is 4.43. The van der Waals surface area contributed by atoms with Crippen LogP contribution in [-0.2, 0) is 9.59 Å². The lowest BCUT2D eigenvalue weighted by Crippen LogP contribution is -2.81. The van der Waals surface area contributed by atoms with E-state index in [1.54, 1.807) is 0 Å². The Balaban J connectivity index is 2.23. The summed E-state index contributed by atoms with van der Waals surface area (Å²) in [5, 5.41) is 21.0. The van der Waals surface area contributed by atoms with Gasteiger partial charge in [-0.15, -0.1) is 0 Å². The molecular weight excluding hydrogens is 268 g/mol. The third-order valence-corrected chi connectivity index (χ3v) is 3.87. The lowest BCUT2D eigenvalue weighted by Gasteiger charge is -2.54. The van der Waals surface area contributed by atoms with E-state index < -0.39 is 35.6 Å². The zero-order chi connectivity index (χ0) is 15.1. The largest absolute Gasteiger partial charge is 0.465 e. The maximum atomic E-state index is 12.3. The number of hydrogen-bond acceptors (Lipinski definition) is 5. The highest BCUT2D eigenvalue weighted by molar-refractivity contribution is 5.98. The summed E-state index contributed by atoms with van der Waals surface area (Å²) in [5.74, 6) is -0.936. The molecule has 5 N–H and O–H groups in total. The molecule has 2 aliphatic heterocycles. The van der Waals surface area contributed by atoms with Gasteiger partial charge in [0.1, 0.15) is 6.04 Å². The average molecular weight is 286 g/mol. The van der Waals surface area contributed by atoms with Crippen molar-refractivity contribution in [1.29, 1.82) is 0 Å². The Hall–Kier alpha value is -1.87. The number of piperazine rings is 1. The molecular formula is C11H18N4O5. The molecule has 0 saturated carbocycles. The Kier molecular flexibility index (Phi) is 3.57. The predicted molar refractivity (Wildman–Crippen MR) is 66.7 cm³/mol. The van der Waals surface area contributed by atoms with Crippen molar-refractivity contribution >= 4 is 17.9 Å². The second-order valence-electron chi connectivity index (χ2n) is 5.17. The average Bonchev–Trinajstić information content (AvgIpc) is 2.42. The van der Waals surface area contributed by atoms with Gasteiger partial charge in [0.25, 0.3) is 0 Å². The van der Waals surface area contributed by atoms with Crippen molar-refractivity contribution < 1.29 is 24.6 Å². The number of nitrogens with zero attached hydrogens (tertiary/aromatic N) is 2. The number of hydrogen-bond donors (Lipinski definition) is 4. The predicted octanol–water partition coefficient (Wildman–Crippen LogP) is -2.61. The van der Waals surface area contributed by atoms with Crippen molar-refractivity contribution in [2.45, 2.75) is 24.6 Å². The highest BCUT2D eigenvalue weighted by Gasteiger charge is 2.57. The minimum Gasteiger partial charge on any atom is -0.465 e. The summed E-state index contributed by atoms with van der Waals surface area (Å²) in [4.78, 5) is 37.6. The molecule has 3 unspecified atom stereocenters. The van der Waals surface area contributed by atoms with Crippen molar-refractivity contribution in [2.75, 3.05) is 26.2 Å². The number of carboxylic acid groups (broad SMARTS) is 1. The van der Waals surface area contributed by atoms with Crippen LogP contribution in [0.25, 0.3) is 0 Å². The highest BCUT2D eigenvalue weighted by atomic mass is 16.4. The number of rotatable bonds is 2. The van der Waals surface area contributed by atoms with Gasteiger partial charge in [0.15, 0.2) is 5.54 Å². The van der Waals surface area contributed by atoms with E-state index in [9.17, 15) is 19.5 Å². The second-order valence-corrected chi connectivity index (χ2v) is 5.17. The fourth-order valence-corrected chi connectivity index (χ4v) is 2.50. The molecule has 20 heavy (non-hydrogen) atoms. The van der Waals surface area contributed by atoms with Gasteiger partial charge in [-0.25, -0.2) is 4.79 Å². The molecule has 2 rings (SSSR count). The van der Waals surface area contributed by atoms with Gasteiger partial charge in [-0.2, -0.15) is 0 Å². The number of carbonyl (C=O) groups is 3. The molecule has 0 aromatic heterocycles. The Bertz CT molecular complexity index is 454. The van der Waals surface area contributed by atoms with E-state index in [-0.39, 0.29) is 26.2 Å².